The highest BCUT2D eigenvalue weighted by Gasteiger charge is 2.32. The van der Waals surface area contributed by atoms with Crippen LogP contribution in [0.4, 0.5) is 0 Å². The molecule has 2 unspecified atom stereocenters. The molecule has 0 aromatic rings. The fraction of sp³-hybridized carbons (Fsp3) is 0.947. The van der Waals surface area contributed by atoms with Crippen molar-refractivity contribution in [3.63, 3.8) is 0 Å². The maximum absolute atomic E-state index is 11.6. The molecule has 23 heavy (non-hydrogen) atoms. The van der Waals surface area contributed by atoms with Crippen LogP contribution in [0.2, 0.25) is 0 Å². The Kier molecular flexibility index (Phi) is 12.3. The van der Waals surface area contributed by atoms with E-state index < -0.39 is 0 Å². The minimum Gasteiger partial charge on any atom is -0.465 e. The second kappa shape index (κ2) is 13.8. The second-order valence-corrected chi connectivity index (χ2v) is 6.78. The SMILES string of the molecule is CCCCCCCCCCCCCC(=O)OCC1COC1CO. The minimum absolute atomic E-state index is 0.0147. The zero-order valence-electron chi connectivity index (χ0n) is 14.9. The van der Waals surface area contributed by atoms with Crippen molar-refractivity contribution in [3.8, 4) is 0 Å². The normalized spacial score (nSPS) is 20.3. The number of ether oxygens (including phenoxy) is 2. The van der Waals surface area contributed by atoms with Crippen LogP contribution in [0.5, 0.6) is 0 Å². The van der Waals surface area contributed by atoms with Crippen molar-refractivity contribution in [2.24, 2.45) is 5.92 Å². The van der Waals surface area contributed by atoms with Crippen LogP contribution >= 0.6 is 0 Å². The molecule has 0 aromatic carbocycles. The summed E-state index contributed by atoms with van der Waals surface area (Å²) in [7, 11) is 0. The first-order chi connectivity index (χ1) is 11.3. The van der Waals surface area contributed by atoms with E-state index in [-0.39, 0.29) is 24.6 Å². The summed E-state index contributed by atoms with van der Waals surface area (Å²) in [6, 6.07) is 0. The lowest BCUT2D eigenvalue weighted by Gasteiger charge is -2.34. The van der Waals surface area contributed by atoms with Crippen molar-refractivity contribution in [2.45, 2.75) is 90.1 Å². The number of hydrogen-bond donors (Lipinski definition) is 1. The summed E-state index contributed by atoms with van der Waals surface area (Å²) < 4.78 is 10.4. The van der Waals surface area contributed by atoms with Gasteiger partial charge in [0.05, 0.1) is 25.9 Å². The molecule has 1 aliphatic heterocycles. The highest BCUT2D eigenvalue weighted by atomic mass is 16.6. The first-order valence-electron chi connectivity index (χ1n) is 9.66. The summed E-state index contributed by atoms with van der Waals surface area (Å²) in [5, 5.41) is 8.97. The van der Waals surface area contributed by atoms with Crippen molar-refractivity contribution in [1.82, 2.24) is 0 Å². The second-order valence-electron chi connectivity index (χ2n) is 6.78. The Hall–Kier alpha value is -0.610. The molecule has 1 rings (SSSR count). The Balaban J connectivity index is 1.79. The maximum Gasteiger partial charge on any atom is 0.305 e. The molecule has 1 fully saturated rings. The highest BCUT2D eigenvalue weighted by Crippen LogP contribution is 2.20. The summed E-state index contributed by atoms with van der Waals surface area (Å²) in [6.45, 7) is 3.25. The number of esters is 1. The van der Waals surface area contributed by atoms with Crippen molar-refractivity contribution in [1.29, 1.82) is 0 Å². The van der Waals surface area contributed by atoms with Gasteiger partial charge in [-0.15, -0.1) is 0 Å². The van der Waals surface area contributed by atoms with Crippen molar-refractivity contribution >= 4 is 5.97 Å². The fourth-order valence-electron chi connectivity index (χ4n) is 2.93. The Labute approximate surface area is 141 Å². The number of rotatable bonds is 15. The van der Waals surface area contributed by atoms with Crippen LogP contribution in [-0.2, 0) is 14.3 Å². The molecule has 0 amide bonds. The lowest BCUT2D eigenvalue weighted by atomic mass is 10.00. The molecule has 4 heteroatoms. The number of carbonyl (C=O) groups is 1. The van der Waals surface area contributed by atoms with E-state index in [1.54, 1.807) is 0 Å². The van der Waals surface area contributed by atoms with Crippen molar-refractivity contribution < 1.29 is 19.4 Å². The molecule has 0 aliphatic carbocycles. The van der Waals surface area contributed by atoms with Gasteiger partial charge < -0.3 is 14.6 Å². The fourth-order valence-corrected chi connectivity index (χ4v) is 2.93. The van der Waals surface area contributed by atoms with Crippen molar-refractivity contribution in [3.05, 3.63) is 0 Å². The van der Waals surface area contributed by atoms with Gasteiger partial charge in [-0.3, -0.25) is 4.79 Å². The van der Waals surface area contributed by atoms with Crippen LogP contribution in [0.1, 0.15) is 84.0 Å². The summed E-state index contributed by atoms with van der Waals surface area (Å²) in [6.07, 6.45) is 14.5. The van der Waals surface area contributed by atoms with E-state index in [4.69, 9.17) is 14.6 Å². The molecule has 2 atom stereocenters. The lowest BCUT2D eigenvalue weighted by molar-refractivity contribution is -0.170. The molecule has 4 nitrogen and oxygen atoms in total. The molecule has 0 bridgehead atoms. The summed E-state index contributed by atoms with van der Waals surface area (Å²) >= 11 is 0. The van der Waals surface area contributed by atoms with Gasteiger partial charge in [-0.05, 0) is 6.42 Å². The molecule has 1 N–H and O–H groups in total. The van der Waals surface area contributed by atoms with Gasteiger partial charge in [-0.25, -0.2) is 0 Å². The third-order valence-electron chi connectivity index (χ3n) is 4.67. The summed E-state index contributed by atoms with van der Waals surface area (Å²) in [5.74, 6) is 0.0748. The number of aliphatic hydroxyl groups is 1. The predicted octanol–water partition coefficient (Wildman–Crippen LogP) is 4.24. The van der Waals surface area contributed by atoms with E-state index in [9.17, 15) is 4.79 Å². The molecule has 1 aliphatic rings. The van der Waals surface area contributed by atoms with E-state index in [2.05, 4.69) is 6.92 Å². The first-order valence-corrected chi connectivity index (χ1v) is 9.66. The van der Waals surface area contributed by atoms with Crippen LogP contribution in [0.25, 0.3) is 0 Å². The van der Waals surface area contributed by atoms with E-state index in [0.717, 1.165) is 12.8 Å². The number of unbranched alkanes of at least 4 members (excludes halogenated alkanes) is 10. The Morgan fingerprint density at radius 2 is 1.57 bits per heavy atom. The predicted molar refractivity (Wildman–Crippen MR) is 92.4 cm³/mol. The molecule has 1 saturated heterocycles. The molecule has 1 heterocycles. The van der Waals surface area contributed by atoms with Gasteiger partial charge in [0.25, 0.3) is 0 Å². The van der Waals surface area contributed by atoms with E-state index in [1.165, 1.54) is 57.8 Å². The summed E-state index contributed by atoms with van der Waals surface area (Å²) in [5.41, 5.74) is 0. The Morgan fingerprint density at radius 1 is 1.00 bits per heavy atom. The van der Waals surface area contributed by atoms with Crippen LogP contribution in [-0.4, -0.2) is 37.0 Å². The Bertz CT molecular complexity index is 291. The van der Waals surface area contributed by atoms with Crippen LogP contribution in [0.3, 0.4) is 0 Å². The van der Waals surface area contributed by atoms with Gasteiger partial charge >= 0.3 is 5.97 Å². The molecular weight excluding hydrogens is 292 g/mol. The molecular formula is C19H36O4. The zero-order valence-corrected chi connectivity index (χ0v) is 14.9. The van der Waals surface area contributed by atoms with Gasteiger partial charge in [0.15, 0.2) is 0 Å². The average molecular weight is 328 g/mol. The summed E-state index contributed by atoms with van der Waals surface area (Å²) in [4.78, 5) is 11.6. The van der Waals surface area contributed by atoms with Gasteiger partial charge in [0.2, 0.25) is 0 Å². The molecule has 0 radical (unpaired) electrons. The zero-order chi connectivity index (χ0) is 16.8. The highest BCUT2D eigenvalue weighted by molar-refractivity contribution is 5.69. The van der Waals surface area contributed by atoms with Crippen molar-refractivity contribution in [2.75, 3.05) is 19.8 Å². The van der Waals surface area contributed by atoms with Crippen LogP contribution < -0.4 is 0 Å². The molecule has 0 saturated carbocycles. The van der Waals surface area contributed by atoms with Crippen LogP contribution in [0.15, 0.2) is 0 Å². The van der Waals surface area contributed by atoms with Crippen LogP contribution in [0, 0.1) is 5.92 Å². The number of carbonyl (C=O) groups excluding carboxylic acids is 1. The van der Waals surface area contributed by atoms with E-state index >= 15 is 0 Å². The minimum atomic E-state index is -0.134. The third-order valence-corrected chi connectivity index (χ3v) is 4.67. The smallest absolute Gasteiger partial charge is 0.305 e. The van der Waals surface area contributed by atoms with Gasteiger partial charge in [-0.1, -0.05) is 71.1 Å². The quantitative estimate of drug-likeness (QED) is 0.361. The van der Waals surface area contributed by atoms with E-state index in [0.29, 0.717) is 19.6 Å². The van der Waals surface area contributed by atoms with Gasteiger partial charge in [0, 0.05) is 12.3 Å². The topological polar surface area (TPSA) is 55.8 Å². The number of aliphatic hydroxyl groups excluding tert-OH is 1. The van der Waals surface area contributed by atoms with E-state index in [1.807, 2.05) is 0 Å². The largest absolute Gasteiger partial charge is 0.465 e. The number of hydrogen-bond acceptors (Lipinski definition) is 4. The van der Waals surface area contributed by atoms with Gasteiger partial charge in [-0.2, -0.15) is 0 Å². The maximum atomic E-state index is 11.6. The molecule has 0 spiro atoms. The average Bonchev–Trinajstić information content (AvgIpc) is 2.52. The third kappa shape index (κ3) is 9.98. The standard InChI is InChI=1S/C19H36O4/c1-2-3-4-5-6-7-8-9-10-11-12-13-19(21)23-16-17-15-22-18(17)14-20/h17-18,20H,2-16H2,1H3. The first kappa shape index (κ1) is 20.4. The lowest BCUT2D eigenvalue weighted by Crippen LogP contribution is -2.45. The molecule has 0 aromatic heterocycles. The Morgan fingerprint density at radius 3 is 2.04 bits per heavy atom. The molecule has 136 valence electrons. The monoisotopic (exact) mass is 328 g/mol. The van der Waals surface area contributed by atoms with Gasteiger partial charge in [0.1, 0.15) is 0 Å².